The zero-order chi connectivity index (χ0) is 21.4. The van der Waals surface area contributed by atoms with E-state index in [1.807, 2.05) is 0 Å². The van der Waals surface area contributed by atoms with E-state index < -0.39 is 35.9 Å². The molecule has 7 heteroatoms. The highest BCUT2D eigenvalue weighted by molar-refractivity contribution is 6.30. The van der Waals surface area contributed by atoms with E-state index in [2.05, 4.69) is 0 Å². The average molecular weight is 428 g/mol. The van der Waals surface area contributed by atoms with Gasteiger partial charge in [0.2, 0.25) is 0 Å². The Morgan fingerprint density at radius 3 is 2.27 bits per heavy atom. The van der Waals surface area contributed by atoms with E-state index in [0.717, 1.165) is 12.8 Å². The lowest BCUT2D eigenvalue weighted by Crippen LogP contribution is -2.54. The van der Waals surface area contributed by atoms with Gasteiger partial charge in [0, 0.05) is 16.6 Å². The summed E-state index contributed by atoms with van der Waals surface area (Å²) < 4.78 is 0. The summed E-state index contributed by atoms with van der Waals surface area (Å²) in [7, 11) is 0. The third-order valence-electron chi connectivity index (χ3n) is 6.26. The number of benzene rings is 2. The SMILES string of the molecule is O=C(O)C1CCCCC1N1C(=O)c2ccccc2C(C(=O)O)C1c1ccc(Cl)cc1. The molecular weight excluding hydrogens is 406 g/mol. The van der Waals surface area contributed by atoms with Crippen molar-refractivity contribution in [2.24, 2.45) is 5.92 Å². The van der Waals surface area contributed by atoms with Gasteiger partial charge in [-0.15, -0.1) is 0 Å². The van der Waals surface area contributed by atoms with Crippen LogP contribution in [0.1, 0.15) is 59.1 Å². The number of carboxylic acids is 2. The highest BCUT2D eigenvalue weighted by atomic mass is 35.5. The second-order valence-electron chi connectivity index (χ2n) is 7.91. The molecule has 1 amide bonds. The molecule has 6 nitrogen and oxygen atoms in total. The van der Waals surface area contributed by atoms with Crippen molar-refractivity contribution in [3.63, 3.8) is 0 Å². The van der Waals surface area contributed by atoms with Crippen LogP contribution in [0.15, 0.2) is 48.5 Å². The molecule has 2 aromatic carbocycles. The van der Waals surface area contributed by atoms with Crippen LogP contribution in [0, 0.1) is 5.92 Å². The summed E-state index contributed by atoms with van der Waals surface area (Å²) in [6.45, 7) is 0. The van der Waals surface area contributed by atoms with E-state index in [0.29, 0.717) is 34.6 Å². The molecule has 4 rings (SSSR count). The predicted octanol–water partition coefficient (Wildman–Crippen LogP) is 4.35. The Hall–Kier alpha value is -2.86. The maximum atomic E-state index is 13.6. The number of hydrogen-bond acceptors (Lipinski definition) is 3. The highest BCUT2D eigenvalue weighted by Gasteiger charge is 2.49. The van der Waals surface area contributed by atoms with Crippen LogP contribution < -0.4 is 0 Å². The molecule has 1 saturated carbocycles. The van der Waals surface area contributed by atoms with Crippen molar-refractivity contribution in [2.75, 3.05) is 0 Å². The van der Waals surface area contributed by atoms with Crippen LogP contribution in [-0.4, -0.2) is 39.0 Å². The van der Waals surface area contributed by atoms with Crippen molar-refractivity contribution in [3.05, 3.63) is 70.2 Å². The Kier molecular flexibility index (Phi) is 5.52. The Bertz CT molecular complexity index is 989. The minimum absolute atomic E-state index is 0.318. The lowest BCUT2D eigenvalue weighted by atomic mass is 9.75. The minimum atomic E-state index is -1.05. The van der Waals surface area contributed by atoms with Crippen molar-refractivity contribution in [2.45, 2.75) is 43.7 Å². The number of carbonyl (C=O) groups excluding carboxylic acids is 1. The first-order valence-electron chi connectivity index (χ1n) is 10.0. The largest absolute Gasteiger partial charge is 0.481 e. The van der Waals surface area contributed by atoms with E-state index in [4.69, 9.17) is 11.6 Å². The fourth-order valence-electron chi connectivity index (χ4n) is 4.93. The number of rotatable bonds is 4. The van der Waals surface area contributed by atoms with Gasteiger partial charge in [-0.1, -0.05) is 54.8 Å². The molecule has 1 fully saturated rings. The van der Waals surface area contributed by atoms with E-state index >= 15 is 0 Å². The smallest absolute Gasteiger partial charge is 0.313 e. The third-order valence-corrected chi connectivity index (χ3v) is 6.51. The quantitative estimate of drug-likeness (QED) is 0.756. The van der Waals surface area contributed by atoms with E-state index in [-0.39, 0.29) is 5.91 Å². The van der Waals surface area contributed by atoms with Crippen molar-refractivity contribution < 1.29 is 24.6 Å². The summed E-state index contributed by atoms with van der Waals surface area (Å²) in [4.78, 5) is 39.6. The highest BCUT2D eigenvalue weighted by Crippen LogP contribution is 2.46. The Morgan fingerprint density at radius 1 is 0.933 bits per heavy atom. The van der Waals surface area contributed by atoms with Gasteiger partial charge >= 0.3 is 11.9 Å². The van der Waals surface area contributed by atoms with Crippen molar-refractivity contribution in [3.8, 4) is 0 Å². The van der Waals surface area contributed by atoms with Crippen LogP contribution in [0.25, 0.3) is 0 Å². The molecule has 1 aliphatic carbocycles. The summed E-state index contributed by atoms with van der Waals surface area (Å²) in [6, 6.07) is 12.1. The van der Waals surface area contributed by atoms with E-state index in [1.165, 1.54) is 4.90 Å². The van der Waals surface area contributed by atoms with Gasteiger partial charge in [-0.3, -0.25) is 14.4 Å². The average Bonchev–Trinajstić information content (AvgIpc) is 2.74. The second-order valence-corrected chi connectivity index (χ2v) is 8.34. The normalized spacial score (nSPS) is 26.2. The summed E-state index contributed by atoms with van der Waals surface area (Å²) in [5.41, 5.74) is 1.41. The molecule has 2 aromatic rings. The molecule has 1 aliphatic heterocycles. The maximum Gasteiger partial charge on any atom is 0.313 e. The molecule has 156 valence electrons. The fraction of sp³-hybridized carbons (Fsp3) is 0.348. The van der Waals surface area contributed by atoms with E-state index in [9.17, 15) is 24.6 Å². The van der Waals surface area contributed by atoms with Crippen LogP contribution in [0.3, 0.4) is 0 Å². The lowest BCUT2D eigenvalue weighted by molar-refractivity contribution is -0.146. The molecule has 0 radical (unpaired) electrons. The summed E-state index contributed by atoms with van der Waals surface area (Å²) >= 11 is 6.03. The Balaban J connectivity index is 1.92. The molecule has 1 heterocycles. The molecule has 4 unspecified atom stereocenters. The molecule has 0 saturated heterocycles. The molecule has 0 aromatic heterocycles. The standard InChI is InChI=1S/C23H22ClNO5/c24-14-11-9-13(10-12-14)20-19(23(29)30)15-5-1-2-6-16(15)21(26)25(20)18-8-4-3-7-17(18)22(27)28/h1-2,5-6,9-12,17-20H,3-4,7-8H2,(H,27,28)(H,29,30). The van der Waals surface area contributed by atoms with Gasteiger partial charge in [0.1, 0.15) is 5.92 Å². The molecular formula is C23H22ClNO5. The van der Waals surface area contributed by atoms with Gasteiger partial charge in [0.25, 0.3) is 5.91 Å². The van der Waals surface area contributed by atoms with Gasteiger partial charge in [-0.25, -0.2) is 0 Å². The number of fused-ring (bicyclic) bond motifs is 1. The van der Waals surface area contributed by atoms with Crippen LogP contribution >= 0.6 is 11.6 Å². The molecule has 0 spiro atoms. The number of carboxylic acid groups (broad SMARTS) is 2. The molecule has 30 heavy (non-hydrogen) atoms. The molecule has 4 atom stereocenters. The number of carbonyl (C=O) groups is 3. The number of halogens is 1. The van der Waals surface area contributed by atoms with Gasteiger partial charge in [-0.2, -0.15) is 0 Å². The van der Waals surface area contributed by atoms with Gasteiger partial charge in [-0.05, 0) is 42.2 Å². The van der Waals surface area contributed by atoms with Gasteiger partial charge in [0.05, 0.1) is 12.0 Å². The molecule has 2 N–H and O–H groups in total. The first-order valence-corrected chi connectivity index (χ1v) is 10.4. The first kappa shape index (κ1) is 20.4. The van der Waals surface area contributed by atoms with Crippen LogP contribution in [0.2, 0.25) is 5.02 Å². The number of aliphatic carboxylic acids is 2. The van der Waals surface area contributed by atoms with Gasteiger partial charge < -0.3 is 15.1 Å². The van der Waals surface area contributed by atoms with Crippen molar-refractivity contribution in [1.82, 2.24) is 4.90 Å². The van der Waals surface area contributed by atoms with Crippen LogP contribution in [-0.2, 0) is 9.59 Å². The van der Waals surface area contributed by atoms with Crippen molar-refractivity contribution >= 4 is 29.4 Å². The van der Waals surface area contributed by atoms with Crippen LogP contribution in [0.4, 0.5) is 0 Å². The summed E-state index contributed by atoms with van der Waals surface area (Å²) in [5.74, 6) is -4.05. The summed E-state index contributed by atoms with van der Waals surface area (Å²) in [6.07, 6.45) is 2.57. The Labute approximate surface area is 179 Å². The lowest BCUT2D eigenvalue weighted by Gasteiger charge is -2.47. The number of nitrogens with zero attached hydrogens (tertiary/aromatic N) is 1. The predicted molar refractivity (Wildman–Crippen MR) is 111 cm³/mol. The number of amides is 1. The van der Waals surface area contributed by atoms with E-state index in [1.54, 1.807) is 48.5 Å². The third kappa shape index (κ3) is 3.45. The molecule has 0 bridgehead atoms. The van der Waals surface area contributed by atoms with Crippen LogP contribution in [0.5, 0.6) is 0 Å². The Morgan fingerprint density at radius 2 is 1.60 bits per heavy atom. The summed E-state index contributed by atoms with van der Waals surface area (Å²) in [5, 5.41) is 20.5. The zero-order valence-electron chi connectivity index (χ0n) is 16.2. The first-order chi connectivity index (χ1) is 14.4. The zero-order valence-corrected chi connectivity index (χ0v) is 17.0. The number of hydrogen-bond donors (Lipinski definition) is 2. The topological polar surface area (TPSA) is 94.9 Å². The minimum Gasteiger partial charge on any atom is -0.481 e. The van der Waals surface area contributed by atoms with Crippen molar-refractivity contribution in [1.29, 1.82) is 0 Å². The maximum absolute atomic E-state index is 13.6. The second kappa shape index (κ2) is 8.11. The molecule has 2 aliphatic rings. The monoisotopic (exact) mass is 427 g/mol. The van der Waals surface area contributed by atoms with Gasteiger partial charge in [0.15, 0.2) is 0 Å². The fourth-order valence-corrected chi connectivity index (χ4v) is 5.06.